The maximum absolute atomic E-state index is 11.0. The first kappa shape index (κ1) is 34.5. The number of methoxy groups -OCH3 is 2. The summed E-state index contributed by atoms with van der Waals surface area (Å²) in [4.78, 5) is 20.0. The Labute approximate surface area is 250 Å². The van der Waals surface area contributed by atoms with Gasteiger partial charge < -0.3 is 28.7 Å². The third-order valence-electron chi connectivity index (χ3n) is 7.00. The van der Waals surface area contributed by atoms with E-state index in [1.807, 2.05) is 24.3 Å². The minimum absolute atomic E-state index is 0.0398. The summed E-state index contributed by atoms with van der Waals surface area (Å²) in [5, 5.41) is 19.5. The molecule has 0 saturated heterocycles. The first-order valence-electron chi connectivity index (χ1n) is 14.2. The number of likely N-dealkylation sites (N-methyl/N-ethyl adjacent to an activating group) is 2. The van der Waals surface area contributed by atoms with Gasteiger partial charge in [0.15, 0.2) is 29.1 Å². The molecule has 11 nitrogen and oxygen atoms in total. The SMILES string of the molecule is CCC(C(Oc1cc(CC#N)ccc1OCC(CN(C)C)O[N+](=O)[O-])C(C)C)N(C)CCc1ccc(OC)c(OC)c1. The van der Waals surface area contributed by atoms with Gasteiger partial charge in [-0.2, -0.15) is 5.26 Å². The smallest absolute Gasteiger partial charge is 0.294 e. The largest absolute Gasteiger partial charge is 0.493 e. The molecule has 42 heavy (non-hydrogen) atoms. The second kappa shape index (κ2) is 17.3. The lowest BCUT2D eigenvalue weighted by Gasteiger charge is -2.37. The number of ether oxygens (including phenoxy) is 4. The maximum atomic E-state index is 11.0. The van der Waals surface area contributed by atoms with Gasteiger partial charge >= 0.3 is 0 Å². The monoisotopic (exact) mass is 586 g/mol. The van der Waals surface area contributed by atoms with E-state index < -0.39 is 11.2 Å². The average molecular weight is 587 g/mol. The molecule has 11 heteroatoms. The van der Waals surface area contributed by atoms with Gasteiger partial charge in [-0.05, 0) is 75.3 Å². The molecule has 0 heterocycles. The van der Waals surface area contributed by atoms with Crippen molar-refractivity contribution < 1.29 is 28.9 Å². The van der Waals surface area contributed by atoms with Crippen molar-refractivity contribution in [3.8, 4) is 29.1 Å². The summed E-state index contributed by atoms with van der Waals surface area (Å²) < 4.78 is 23.5. The lowest BCUT2D eigenvalue weighted by molar-refractivity contribution is -0.768. The summed E-state index contributed by atoms with van der Waals surface area (Å²) in [5.74, 6) is 2.50. The summed E-state index contributed by atoms with van der Waals surface area (Å²) in [6.07, 6.45) is 0.903. The van der Waals surface area contributed by atoms with Gasteiger partial charge in [0, 0.05) is 19.1 Å². The second-order valence-corrected chi connectivity index (χ2v) is 10.9. The highest BCUT2D eigenvalue weighted by atomic mass is 17.0. The molecule has 2 aromatic rings. The molecule has 0 radical (unpaired) electrons. The minimum atomic E-state index is -0.802. The Bertz CT molecular complexity index is 1170. The van der Waals surface area contributed by atoms with Gasteiger partial charge in [0.25, 0.3) is 5.09 Å². The van der Waals surface area contributed by atoms with E-state index in [1.54, 1.807) is 45.3 Å². The van der Waals surface area contributed by atoms with Crippen molar-refractivity contribution in [1.82, 2.24) is 9.80 Å². The first-order chi connectivity index (χ1) is 20.0. The Morgan fingerprint density at radius 1 is 0.976 bits per heavy atom. The molecule has 0 N–H and O–H groups in total. The molecule has 2 aromatic carbocycles. The summed E-state index contributed by atoms with van der Waals surface area (Å²) in [6.45, 7) is 7.44. The average Bonchev–Trinajstić information content (AvgIpc) is 2.94. The Morgan fingerprint density at radius 3 is 2.19 bits per heavy atom. The van der Waals surface area contributed by atoms with E-state index in [9.17, 15) is 15.4 Å². The standard InChI is InChI=1S/C31H46N4O7/c1-9-26(34(6)17-15-24-10-12-27(38-7)29(18-24)39-8)31(22(2)3)41-30-19-23(14-16-32)11-13-28(30)40-21-25(20-33(4)5)42-35(36)37/h10-13,18-19,22,25-26,31H,9,14-15,17,20-21H2,1-8H3. The van der Waals surface area contributed by atoms with E-state index in [1.165, 1.54) is 0 Å². The van der Waals surface area contributed by atoms with E-state index >= 15 is 0 Å². The van der Waals surface area contributed by atoms with Gasteiger partial charge in [-0.25, -0.2) is 0 Å². The molecule has 0 bridgehead atoms. The lowest BCUT2D eigenvalue weighted by atomic mass is 9.95. The summed E-state index contributed by atoms with van der Waals surface area (Å²) in [5.41, 5.74) is 1.93. The predicted molar refractivity (Wildman–Crippen MR) is 161 cm³/mol. The molecule has 0 amide bonds. The third kappa shape index (κ3) is 10.6. The molecule has 0 aliphatic heterocycles. The van der Waals surface area contributed by atoms with Crippen molar-refractivity contribution in [1.29, 1.82) is 5.26 Å². The van der Waals surface area contributed by atoms with Crippen molar-refractivity contribution in [2.24, 2.45) is 5.92 Å². The predicted octanol–water partition coefficient (Wildman–Crippen LogP) is 4.64. The van der Waals surface area contributed by atoms with Gasteiger partial charge in [0.1, 0.15) is 12.7 Å². The number of benzene rings is 2. The highest BCUT2D eigenvalue weighted by Crippen LogP contribution is 2.33. The number of hydrogen-bond acceptors (Lipinski definition) is 10. The van der Waals surface area contributed by atoms with E-state index in [-0.39, 0.29) is 31.1 Å². The summed E-state index contributed by atoms with van der Waals surface area (Å²) in [6, 6.07) is 13.6. The van der Waals surface area contributed by atoms with Crippen LogP contribution in [0.2, 0.25) is 0 Å². The van der Waals surface area contributed by atoms with Crippen LogP contribution >= 0.6 is 0 Å². The highest BCUT2D eigenvalue weighted by molar-refractivity contribution is 5.44. The first-order valence-corrected chi connectivity index (χ1v) is 14.2. The third-order valence-corrected chi connectivity index (χ3v) is 7.00. The van der Waals surface area contributed by atoms with Crippen molar-refractivity contribution in [2.75, 3.05) is 55.1 Å². The van der Waals surface area contributed by atoms with Gasteiger partial charge in [-0.15, -0.1) is 10.1 Å². The fraction of sp³-hybridized carbons (Fsp3) is 0.581. The van der Waals surface area contributed by atoms with Gasteiger partial charge in [0.2, 0.25) is 0 Å². The van der Waals surface area contributed by atoms with Crippen LogP contribution in [0, 0.1) is 27.4 Å². The zero-order valence-corrected chi connectivity index (χ0v) is 26.2. The van der Waals surface area contributed by atoms with Crippen LogP contribution < -0.4 is 18.9 Å². The van der Waals surface area contributed by atoms with Crippen molar-refractivity contribution in [3.05, 3.63) is 57.6 Å². The van der Waals surface area contributed by atoms with Crippen LogP contribution in [-0.4, -0.2) is 88.2 Å². The van der Waals surface area contributed by atoms with E-state index in [4.69, 9.17) is 23.8 Å². The molecular formula is C31H46N4O7. The molecule has 3 atom stereocenters. The van der Waals surface area contributed by atoms with Crippen LogP contribution in [0.1, 0.15) is 38.3 Å². The van der Waals surface area contributed by atoms with Crippen LogP contribution in [0.4, 0.5) is 0 Å². The number of nitrogens with zero attached hydrogens (tertiary/aromatic N) is 4. The van der Waals surface area contributed by atoms with Gasteiger partial charge in [-0.3, -0.25) is 4.90 Å². The fourth-order valence-corrected chi connectivity index (χ4v) is 4.90. The molecule has 0 aromatic heterocycles. The van der Waals surface area contributed by atoms with E-state index in [2.05, 4.69) is 38.8 Å². The topological polar surface area (TPSA) is 120 Å². The molecular weight excluding hydrogens is 540 g/mol. The molecule has 0 fully saturated rings. The molecule has 2 rings (SSSR count). The highest BCUT2D eigenvalue weighted by Gasteiger charge is 2.30. The molecule has 0 spiro atoms. The van der Waals surface area contributed by atoms with Crippen LogP contribution in [0.25, 0.3) is 0 Å². The maximum Gasteiger partial charge on any atom is 0.294 e. The molecule has 232 valence electrons. The molecule has 3 unspecified atom stereocenters. The summed E-state index contributed by atoms with van der Waals surface area (Å²) >= 11 is 0. The Hall–Kier alpha value is -3.75. The van der Waals surface area contributed by atoms with Crippen LogP contribution in [0.15, 0.2) is 36.4 Å². The van der Waals surface area contributed by atoms with Gasteiger partial charge in [0.05, 0.1) is 26.7 Å². The quantitative estimate of drug-likeness (QED) is 0.170. The van der Waals surface area contributed by atoms with Crippen LogP contribution in [-0.2, 0) is 17.7 Å². The van der Waals surface area contributed by atoms with Crippen molar-refractivity contribution >= 4 is 0 Å². The van der Waals surface area contributed by atoms with Gasteiger partial charge in [-0.1, -0.05) is 32.9 Å². The molecule has 0 aliphatic rings. The summed E-state index contributed by atoms with van der Waals surface area (Å²) in [7, 11) is 8.96. The van der Waals surface area contributed by atoms with Crippen LogP contribution in [0.5, 0.6) is 23.0 Å². The zero-order valence-electron chi connectivity index (χ0n) is 26.2. The Kier molecular flexibility index (Phi) is 14.2. The normalized spacial score (nSPS) is 13.4. The molecule has 0 saturated carbocycles. The Morgan fingerprint density at radius 2 is 1.62 bits per heavy atom. The molecule has 0 aliphatic carbocycles. The van der Waals surface area contributed by atoms with Crippen LogP contribution in [0.3, 0.4) is 0 Å². The van der Waals surface area contributed by atoms with E-state index in [0.29, 0.717) is 29.5 Å². The van der Waals surface area contributed by atoms with Crippen molar-refractivity contribution in [2.45, 2.75) is 58.3 Å². The van der Waals surface area contributed by atoms with Crippen molar-refractivity contribution in [3.63, 3.8) is 0 Å². The zero-order chi connectivity index (χ0) is 31.2. The minimum Gasteiger partial charge on any atom is -0.493 e. The lowest BCUT2D eigenvalue weighted by Crippen LogP contribution is -2.47. The number of rotatable bonds is 19. The Balaban J connectivity index is 2.27. The fourth-order valence-electron chi connectivity index (χ4n) is 4.90. The number of hydrogen-bond donors (Lipinski definition) is 0. The second-order valence-electron chi connectivity index (χ2n) is 10.9. The number of nitriles is 1. The van der Waals surface area contributed by atoms with E-state index in [0.717, 1.165) is 30.5 Å².